The molecule has 0 aliphatic rings. The topological polar surface area (TPSA) is 15.8 Å². The monoisotopic (exact) mass is 184 g/mol. The number of H-pyrrole nitrogens is 1. The predicted molar refractivity (Wildman–Crippen MR) is 60.2 cm³/mol. The van der Waals surface area contributed by atoms with Crippen LogP contribution in [0, 0.1) is 20.8 Å². The highest BCUT2D eigenvalue weighted by molar-refractivity contribution is 5.72. The lowest BCUT2D eigenvalue weighted by molar-refractivity contribution is 1.18. The van der Waals surface area contributed by atoms with E-state index in [4.69, 9.17) is 0 Å². The van der Waals surface area contributed by atoms with Gasteiger partial charge in [0.05, 0.1) is 0 Å². The van der Waals surface area contributed by atoms with Crippen LogP contribution >= 0.6 is 0 Å². The summed E-state index contributed by atoms with van der Waals surface area (Å²) in [6.07, 6.45) is 0. The molecular weight excluding hydrogens is 170 g/mol. The van der Waals surface area contributed by atoms with E-state index < -0.39 is 0 Å². The van der Waals surface area contributed by atoms with Gasteiger partial charge >= 0.3 is 0 Å². The number of rotatable bonds is 1. The van der Waals surface area contributed by atoms with E-state index in [0.29, 0.717) is 0 Å². The van der Waals surface area contributed by atoms with Crippen molar-refractivity contribution in [3.8, 4) is 11.1 Å². The second-order valence-electron chi connectivity index (χ2n) is 3.59. The van der Waals surface area contributed by atoms with Gasteiger partial charge in [-0.15, -0.1) is 0 Å². The van der Waals surface area contributed by atoms with Gasteiger partial charge < -0.3 is 4.98 Å². The first kappa shape index (κ1) is 9.07. The molecule has 1 heteroatoms. The molecule has 0 atom stereocenters. The molecule has 1 N–H and O–H groups in total. The highest BCUT2D eigenvalue weighted by Crippen LogP contribution is 2.28. The summed E-state index contributed by atoms with van der Waals surface area (Å²) in [5.41, 5.74) is 5.93. The Bertz CT molecular complexity index is 438. The molecule has 1 heterocycles. The van der Waals surface area contributed by atoms with Gasteiger partial charge in [-0.1, -0.05) is 30.3 Å². The average Bonchev–Trinajstić information content (AvgIpc) is 2.43. The summed E-state index contributed by atoms with van der Waals surface area (Å²) in [6, 6.07) is 10.4. The minimum Gasteiger partial charge on any atom is -0.362 e. The van der Waals surface area contributed by atoms with Gasteiger partial charge in [0, 0.05) is 17.0 Å². The van der Waals surface area contributed by atoms with Gasteiger partial charge in [-0.25, -0.2) is 0 Å². The molecule has 0 saturated carbocycles. The maximum absolute atomic E-state index is 4.09. The third kappa shape index (κ3) is 1.35. The third-order valence-corrected chi connectivity index (χ3v) is 2.57. The van der Waals surface area contributed by atoms with E-state index in [9.17, 15) is 0 Å². The number of aromatic nitrogens is 1. The van der Waals surface area contributed by atoms with Crippen LogP contribution in [0.2, 0.25) is 0 Å². The first-order valence-corrected chi connectivity index (χ1v) is 4.76. The molecule has 2 aromatic rings. The van der Waals surface area contributed by atoms with E-state index in [0.717, 1.165) is 11.3 Å². The van der Waals surface area contributed by atoms with Crippen molar-refractivity contribution in [2.75, 3.05) is 0 Å². The van der Waals surface area contributed by atoms with Crippen molar-refractivity contribution in [1.82, 2.24) is 4.98 Å². The largest absolute Gasteiger partial charge is 0.362 e. The normalized spacial score (nSPS) is 10.5. The molecule has 0 fully saturated rings. The Kier molecular flexibility index (Phi) is 2.16. The van der Waals surface area contributed by atoms with E-state index in [2.05, 4.69) is 50.0 Å². The molecule has 0 spiro atoms. The van der Waals surface area contributed by atoms with Gasteiger partial charge in [0.2, 0.25) is 0 Å². The molecule has 1 nitrogen and oxygen atoms in total. The van der Waals surface area contributed by atoms with Gasteiger partial charge in [-0.05, 0) is 31.9 Å². The number of aryl methyl sites for hydroxylation is 2. The Morgan fingerprint density at radius 1 is 1.00 bits per heavy atom. The summed E-state index contributed by atoms with van der Waals surface area (Å²) in [4.78, 5) is 3.31. The summed E-state index contributed by atoms with van der Waals surface area (Å²) in [5, 5.41) is 0. The van der Waals surface area contributed by atoms with Crippen LogP contribution in [0.5, 0.6) is 0 Å². The molecule has 14 heavy (non-hydrogen) atoms. The second-order valence-corrected chi connectivity index (χ2v) is 3.59. The van der Waals surface area contributed by atoms with Crippen molar-refractivity contribution < 1.29 is 0 Å². The van der Waals surface area contributed by atoms with Crippen LogP contribution in [-0.4, -0.2) is 4.98 Å². The molecule has 2 rings (SSSR count). The minimum absolute atomic E-state index is 1.11. The molecule has 71 valence electrons. The number of hydrogen-bond donors (Lipinski definition) is 1. The van der Waals surface area contributed by atoms with Crippen molar-refractivity contribution >= 4 is 0 Å². The molecule has 0 saturated heterocycles. The highest BCUT2D eigenvalue weighted by Gasteiger charge is 2.09. The van der Waals surface area contributed by atoms with Crippen molar-refractivity contribution in [2.24, 2.45) is 0 Å². The standard InChI is InChI=1S/C13H14N/c1-9-10(2)14-11(3)13(9)12-7-5-4-6-8-12/h4-8,14H,1H2,2-3H3. The first-order chi connectivity index (χ1) is 6.70. The van der Waals surface area contributed by atoms with Gasteiger partial charge in [0.25, 0.3) is 0 Å². The Morgan fingerprint density at radius 3 is 2.14 bits per heavy atom. The second kappa shape index (κ2) is 3.33. The van der Waals surface area contributed by atoms with Crippen molar-refractivity contribution in [2.45, 2.75) is 13.8 Å². The average molecular weight is 184 g/mol. The molecule has 0 aliphatic carbocycles. The minimum atomic E-state index is 1.11. The SMILES string of the molecule is [CH2]c1c(C)[nH]c(C)c1-c1ccccc1. The molecule has 0 aliphatic heterocycles. The Labute approximate surface area is 84.8 Å². The predicted octanol–water partition coefficient (Wildman–Crippen LogP) is 3.48. The highest BCUT2D eigenvalue weighted by atomic mass is 14.7. The Morgan fingerprint density at radius 2 is 1.64 bits per heavy atom. The molecule has 1 radical (unpaired) electrons. The summed E-state index contributed by atoms with van der Waals surface area (Å²) in [6.45, 7) is 8.23. The van der Waals surface area contributed by atoms with E-state index in [1.54, 1.807) is 0 Å². The maximum Gasteiger partial charge on any atom is 0.0200 e. The smallest absolute Gasteiger partial charge is 0.0200 e. The van der Waals surface area contributed by atoms with Crippen molar-refractivity contribution in [3.63, 3.8) is 0 Å². The lowest BCUT2D eigenvalue weighted by Crippen LogP contribution is -1.80. The summed E-state index contributed by atoms with van der Waals surface area (Å²) in [7, 11) is 0. The number of benzene rings is 1. The molecule has 0 unspecified atom stereocenters. The summed E-state index contributed by atoms with van der Waals surface area (Å²) in [5.74, 6) is 0. The maximum atomic E-state index is 4.09. The van der Waals surface area contributed by atoms with Gasteiger partial charge in [0.1, 0.15) is 0 Å². The molecule has 1 aromatic carbocycles. The number of nitrogens with one attached hydrogen (secondary N) is 1. The molecule has 0 amide bonds. The fraction of sp³-hybridized carbons (Fsp3) is 0.154. The number of aromatic amines is 1. The first-order valence-electron chi connectivity index (χ1n) is 4.76. The van der Waals surface area contributed by atoms with Crippen LogP contribution in [0.4, 0.5) is 0 Å². The number of hydrogen-bond acceptors (Lipinski definition) is 0. The summed E-state index contributed by atoms with van der Waals surface area (Å²) < 4.78 is 0. The van der Waals surface area contributed by atoms with Crippen molar-refractivity contribution in [3.05, 3.63) is 54.2 Å². The van der Waals surface area contributed by atoms with Crippen LogP contribution in [-0.2, 0) is 0 Å². The fourth-order valence-corrected chi connectivity index (χ4v) is 1.83. The van der Waals surface area contributed by atoms with E-state index in [1.807, 2.05) is 6.07 Å². The van der Waals surface area contributed by atoms with Crippen LogP contribution in [0.1, 0.15) is 17.0 Å². The summed E-state index contributed by atoms with van der Waals surface area (Å²) >= 11 is 0. The Hall–Kier alpha value is -1.50. The van der Waals surface area contributed by atoms with E-state index in [-0.39, 0.29) is 0 Å². The zero-order valence-electron chi connectivity index (χ0n) is 8.59. The zero-order chi connectivity index (χ0) is 10.1. The third-order valence-electron chi connectivity index (χ3n) is 2.57. The van der Waals surface area contributed by atoms with E-state index >= 15 is 0 Å². The lowest BCUT2D eigenvalue weighted by Gasteiger charge is -2.01. The Balaban J connectivity index is 2.62. The molecule has 1 aromatic heterocycles. The molecule has 0 bridgehead atoms. The van der Waals surface area contributed by atoms with Gasteiger partial charge in [-0.2, -0.15) is 0 Å². The zero-order valence-corrected chi connectivity index (χ0v) is 8.59. The fourth-order valence-electron chi connectivity index (χ4n) is 1.83. The van der Waals surface area contributed by atoms with Crippen LogP contribution in [0.25, 0.3) is 11.1 Å². The van der Waals surface area contributed by atoms with Gasteiger partial charge in [-0.3, -0.25) is 0 Å². The quantitative estimate of drug-likeness (QED) is 0.698. The lowest BCUT2D eigenvalue weighted by atomic mass is 10.0. The van der Waals surface area contributed by atoms with Crippen LogP contribution in [0.3, 0.4) is 0 Å². The van der Waals surface area contributed by atoms with Gasteiger partial charge in [0.15, 0.2) is 0 Å². The molecular formula is C13H14N. The van der Waals surface area contributed by atoms with E-state index in [1.165, 1.54) is 16.8 Å². The van der Waals surface area contributed by atoms with Crippen LogP contribution in [0.15, 0.2) is 30.3 Å². The van der Waals surface area contributed by atoms with Crippen molar-refractivity contribution in [1.29, 1.82) is 0 Å². The van der Waals surface area contributed by atoms with Crippen LogP contribution < -0.4 is 0 Å².